The van der Waals surface area contributed by atoms with Gasteiger partial charge in [-0.15, -0.1) is 0 Å². The fourth-order valence-electron chi connectivity index (χ4n) is 2.03. The highest BCUT2D eigenvalue weighted by Crippen LogP contribution is 2.29. The van der Waals surface area contributed by atoms with E-state index < -0.39 is 0 Å². The van der Waals surface area contributed by atoms with Crippen LogP contribution in [-0.2, 0) is 7.05 Å². The Balaban J connectivity index is 2.64. The van der Waals surface area contributed by atoms with E-state index in [0.29, 0.717) is 5.69 Å². The summed E-state index contributed by atoms with van der Waals surface area (Å²) >= 11 is 0. The summed E-state index contributed by atoms with van der Waals surface area (Å²) in [5.74, 6) is 0.903. The van der Waals surface area contributed by atoms with E-state index in [2.05, 4.69) is 0 Å². The minimum absolute atomic E-state index is 0.0687. The first-order valence-corrected chi connectivity index (χ1v) is 5.76. The molecule has 1 aromatic heterocycles. The van der Waals surface area contributed by atoms with Crippen LogP contribution < -0.4 is 4.74 Å². The minimum Gasteiger partial charge on any atom is -0.490 e. The molecule has 0 N–H and O–H groups in total. The number of nitrogens with zero attached hydrogens (tertiary/aromatic N) is 1. The molecule has 0 unspecified atom stereocenters. The van der Waals surface area contributed by atoms with Crippen LogP contribution in [-0.4, -0.2) is 16.5 Å². The molecule has 90 valence electrons. The lowest BCUT2D eigenvalue weighted by Crippen LogP contribution is -2.05. The van der Waals surface area contributed by atoms with Crippen LogP contribution in [0.3, 0.4) is 0 Å². The second kappa shape index (κ2) is 4.24. The zero-order valence-electron chi connectivity index (χ0n) is 10.7. The Hall–Kier alpha value is -1.77. The summed E-state index contributed by atoms with van der Waals surface area (Å²) in [5, 5.41) is 0.994. The summed E-state index contributed by atoms with van der Waals surface area (Å²) in [4.78, 5) is 11.5. The molecule has 3 nitrogen and oxygen atoms in total. The largest absolute Gasteiger partial charge is 0.490 e. The molecule has 0 aliphatic heterocycles. The van der Waals surface area contributed by atoms with Gasteiger partial charge >= 0.3 is 0 Å². The molecule has 2 rings (SSSR count). The summed E-state index contributed by atoms with van der Waals surface area (Å²) in [6.45, 7) is 5.57. The van der Waals surface area contributed by atoms with Crippen molar-refractivity contribution in [1.29, 1.82) is 0 Å². The molecule has 0 bridgehead atoms. The molecule has 0 aliphatic rings. The van der Waals surface area contributed by atoms with Crippen LogP contribution in [0.2, 0.25) is 0 Å². The molecule has 2 aromatic rings. The zero-order chi connectivity index (χ0) is 12.6. The maximum Gasteiger partial charge on any atom is 0.176 e. The molecule has 0 saturated heterocycles. The lowest BCUT2D eigenvalue weighted by atomic mass is 10.2. The van der Waals surface area contributed by atoms with Gasteiger partial charge in [-0.05, 0) is 32.0 Å². The number of benzene rings is 1. The van der Waals surface area contributed by atoms with Crippen LogP contribution in [0.5, 0.6) is 5.75 Å². The summed E-state index contributed by atoms with van der Waals surface area (Å²) < 4.78 is 7.66. The Morgan fingerprint density at radius 1 is 1.35 bits per heavy atom. The second-order valence-corrected chi connectivity index (χ2v) is 4.50. The molecule has 0 saturated carbocycles. The summed E-state index contributed by atoms with van der Waals surface area (Å²) in [5.41, 5.74) is 1.73. The number of carbonyl (C=O) groups is 1. The van der Waals surface area contributed by atoms with Crippen molar-refractivity contribution in [3.05, 3.63) is 30.0 Å². The number of aromatic nitrogens is 1. The number of rotatable bonds is 3. The number of carbonyl (C=O) groups excluding carboxylic acids is 1. The molecule has 0 fully saturated rings. The van der Waals surface area contributed by atoms with Crippen molar-refractivity contribution >= 4 is 16.7 Å². The fourth-order valence-corrected chi connectivity index (χ4v) is 2.03. The first-order valence-electron chi connectivity index (χ1n) is 5.76. The first kappa shape index (κ1) is 11.7. The van der Waals surface area contributed by atoms with E-state index in [0.717, 1.165) is 16.7 Å². The Morgan fingerprint density at radius 2 is 2.06 bits per heavy atom. The highest BCUT2D eigenvalue weighted by Gasteiger charge is 2.13. The molecule has 0 atom stereocenters. The maximum absolute atomic E-state index is 11.5. The van der Waals surface area contributed by atoms with E-state index in [1.165, 1.54) is 0 Å². The van der Waals surface area contributed by atoms with E-state index >= 15 is 0 Å². The minimum atomic E-state index is 0.0687. The molecule has 0 spiro atoms. The van der Waals surface area contributed by atoms with Crippen molar-refractivity contribution in [2.75, 3.05) is 0 Å². The smallest absolute Gasteiger partial charge is 0.176 e. The Morgan fingerprint density at radius 3 is 2.65 bits per heavy atom. The predicted molar refractivity (Wildman–Crippen MR) is 68.7 cm³/mol. The van der Waals surface area contributed by atoms with Crippen molar-refractivity contribution in [2.24, 2.45) is 7.05 Å². The zero-order valence-corrected chi connectivity index (χ0v) is 10.7. The number of Topliss-reactive ketones (excluding diaryl/α,β-unsaturated/α-hetero) is 1. The highest BCUT2D eigenvalue weighted by molar-refractivity contribution is 6.00. The van der Waals surface area contributed by atoms with Gasteiger partial charge in [-0.3, -0.25) is 4.79 Å². The number of aryl methyl sites for hydroxylation is 1. The summed E-state index contributed by atoms with van der Waals surface area (Å²) in [7, 11) is 1.90. The van der Waals surface area contributed by atoms with Crippen molar-refractivity contribution in [1.82, 2.24) is 4.57 Å². The second-order valence-electron chi connectivity index (χ2n) is 4.50. The average Bonchev–Trinajstić information content (AvgIpc) is 2.57. The lowest BCUT2D eigenvalue weighted by Gasteiger charge is -2.10. The van der Waals surface area contributed by atoms with Crippen molar-refractivity contribution < 1.29 is 9.53 Å². The van der Waals surface area contributed by atoms with Gasteiger partial charge < -0.3 is 9.30 Å². The van der Waals surface area contributed by atoms with Crippen molar-refractivity contribution in [2.45, 2.75) is 26.9 Å². The lowest BCUT2D eigenvalue weighted by molar-refractivity contribution is 0.101. The predicted octanol–water partition coefficient (Wildman–Crippen LogP) is 3.17. The Labute approximate surface area is 101 Å². The molecule has 1 aromatic carbocycles. The quantitative estimate of drug-likeness (QED) is 0.760. The standard InChI is InChI=1S/C14H17NO2/c1-9(2)17-14-7-5-6-12-11(14)8-13(10(3)16)15(12)4/h5-9H,1-4H3. The number of ether oxygens (including phenoxy) is 1. The van der Waals surface area contributed by atoms with Gasteiger partial charge in [-0.2, -0.15) is 0 Å². The van der Waals surface area contributed by atoms with Gasteiger partial charge in [-0.1, -0.05) is 6.07 Å². The third kappa shape index (κ3) is 2.05. The van der Waals surface area contributed by atoms with E-state index in [1.807, 2.05) is 49.7 Å². The van der Waals surface area contributed by atoms with Gasteiger partial charge in [0.05, 0.1) is 17.3 Å². The third-order valence-electron chi connectivity index (χ3n) is 2.77. The maximum atomic E-state index is 11.5. The Kier molecular flexibility index (Phi) is 2.92. The molecule has 17 heavy (non-hydrogen) atoms. The molecule has 0 amide bonds. The number of hydrogen-bond acceptors (Lipinski definition) is 2. The van der Waals surface area contributed by atoms with Gasteiger partial charge in [0.1, 0.15) is 5.75 Å². The molecule has 1 heterocycles. The Bertz CT molecular complexity index is 567. The first-order chi connectivity index (χ1) is 8.00. The molecule has 0 radical (unpaired) electrons. The van der Waals surface area contributed by atoms with Gasteiger partial charge in [0, 0.05) is 19.4 Å². The van der Waals surface area contributed by atoms with Crippen LogP contribution in [0.4, 0.5) is 0 Å². The van der Waals surface area contributed by atoms with E-state index in [1.54, 1.807) is 6.92 Å². The van der Waals surface area contributed by atoms with Gasteiger partial charge in [0.2, 0.25) is 0 Å². The SMILES string of the molecule is CC(=O)c1cc2c(OC(C)C)cccc2n1C. The van der Waals surface area contributed by atoms with Gasteiger partial charge in [-0.25, -0.2) is 0 Å². The molecular formula is C14H17NO2. The van der Waals surface area contributed by atoms with Crippen LogP contribution in [0.25, 0.3) is 10.9 Å². The number of hydrogen-bond donors (Lipinski definition) is 0. The fraction of sp³-hybridized carbons (Fsp3) is 0.357. The number of fused-ring (bicyclic) bond motifs is 1. The van der Waals surface area contributed by atoms with Crippen LogP contribution in [0, 0.1) is 0 Å². The monoisotopic (exact) mass is 231 g/mol. The summed E-state index contributed by atoms with van der Waals surface area (Å²) in [6.07, 6.45) is 0.126. The highest BCUT2D eigenvalue weighted by atomic mass is 16.5. The van der Waals surface area contributed by atoms with Crippen molar-refractivity contribution in [3.8, 4) is 5.75 Å². The summed E-state index contributed by atoms with van der Waals surface area (Å²) in [6, 6.07) is 7.78. The van der Waals surface area contributed by atoms with E-state index in [-0.39, 0.29) is 11.9 Å². The van der Waals surface area contributed by atoms with Crippen LogP contribution >= 0.6 is 0 Å². The topological polar surface area (TPSA) is 31.2 Å². The average molecular weight is 231 g/mol. The van der Waals surface area contributed by atoms with Crippen molar-refractivity contribution in [3.63, 3.8) is 0 Å². The molecule has 0 aliphatic carbocycles. The van der Waals surface area contributed by atoms with Gasteiger partial charge in [0.15, 0.2) is 5.78 Å². The molecular weight excluding hydrogens is 214 g/mol. The van der Waals surface area contributed by atoms with E-state index in [9.17, 15) is 4.79 Å². The van der Waals surface area contributed by atoms with E-state index in [4.69, 9.17) is 4.74 Å². The van der Waals surface area contributed by atoms with Gasteiger partial charge in [0.25, 0.3) is 0 Å². The molecule has 3 heteroatoms. The van der Waals surface area contributed by atoms with Crippen LogP contribution in [0.1, 0.15) is 31.3 Å². The third-order valence-corrected chi connectivity index (χ3v) is 2.77. The van der Waals surface area contributed by atoms with Crippen LogP contribution in [0.15, 0.2) is 24.3 Å². The number of ketones is 1. The normalized spacial score (nSPS) is 11.1.